The number of benzene rings is 2. The molecule has 1 unspecified atom stereocenters. The molecule has 0 aliphatic carbocycles. The number of carbonyl (C=O) groups excluding carboxylic acids is 1. The molecule has 0 saturated heterocycles. The average Bonchev–Trinajstić information content (AvgIpc) is 3.09. The van der Waals surface area contributed by atoms with Crippen molar-refractivity contribution in [3.05, 3.63) is 58.9 Å². The molecule has 0 fully saturated rings. The Bertz CT molecular complexity index is 968. The molecule has 1 atom stereocenters. The normalized spacial score (nSPS) is 16.4. The molecule has 5 nitrogen and oxygen atoms in total. The SMILES string of the molecule is O=C(O)CN1C(=O)C(Cc2nc3ccccc3s2)c2ccc(F)cc21. The van der Waals surface area contributed by atoms with E-state index in [-0.39, 0.29) is 5.91 Å². The molecule has 7 heteroatoms. The van der Waals surface area contributed by atoms with E-state index in [0.29, 0.717) is 17.7 Å². The van der Waals surface area contributed by atoms with Crippen LogP contribution in [-0.2, 0) is 16.0 Å². The lowest BCUT2D eigenvalue weighted by molar-refractivity contribution is -0.136. The van der Waals surface area contributed by atoms with Crippen LogP contribution >= 0.6 is 11.3 Å². The zero-order valence-electron chi connectivity index (χ0n) is 13.0. The first-order chi connectivity index (χ1) is 12.0. The minimum Gasteiger partial charge on any atom is -0.480 e. The van der Waals surface area contributed by atoms with Crippen molar-refractivity contribution in [1.29, 1.82) is 0 Å². The van der Waals surface area contributed by atoms with Crippen molar-refractivity contribution in [1.82, 2.24) is 4.98 Å². The standard InChI is InChI=1S/C18H13FN2O3S/c19-10-5-6-11-12(18(24)21(9-17(22)23)14(11)7-10)8-16-20-13-3-1-2-4-15(13)25-16/h1-7,12H,8-9H2,(H,22,23). The topological polar surface area (TPSA) is 70.5 Å². The van der Waals surface area contributed by atoms with Crippen LogP contribution in [0.4, 0.5) is 10.1 Å². The first-order valence-electron chi connectivity index (χ1n) is 7.70. The maximum absolute atomic E-state index is 13.6. The minimum absolute atomic E-state index is 0.331. The highest BCUT2D eigenvalue weighted by Crippen LogP contribution is 2.40. The Morgan fingerprint density at radius 2 is 2.08 bits per heavy atom. The molecule has 0 radical (unpaired) electrons. The van der Waals surface area contributed by atoms with Crippen molar-refractivity contribution in [2.24, 2.45) is 0 Å². The number of aliphatic carboxylic acids is 1. The summed E-state index contributed by atoms with van der Waals surface area (Å²) in [5.74, 6) is -2.51. The molecule has 1 amide bonds. The number of nitrogens with zero attached hydrogens (tertiary/aromatic N) is 2. The summed E-state index contributed by atoms with van der Waals surface area (Å²) in [4.78, 5) is 29.5. The molecule has 1 aliphatic heterocycles. The van der Waals surface area contributed by atoms with Gasteiger partial charge < -0.3 is 10.0 Å². The molecule has 0 spiro atoms. The summed E-state index contributed by atoms with van der Waals surface area (Å²) < 4.78 is 14.6. The maximum atomic E-state index is 13.6. The van der Waals surface area contributed by atoms with Crippen molar-refractivity contribution >= 4 is 39.1 Å². The Morgan fingerprint density at radius 3 is 2.84 bits per heavy atom. The van der Waals surface area contributed by atoms with Gasteiger partial charge in [0.2, 0.25) is 5.91 Å². The smallest absolute Gasteiger partial charge is 0.323 e. The number of carboxylic acids is 1. The zero-order chi connectivity index (χ0) is 17.6. The molecule has 2 aromatic carbocycles. The number of carboxylic acid groups (broad SMARTS) is 1. The van der Waals surface area contributed by atoms with E-state index in [1.165, 1.54) is 23.5 Å². The highest BCUT2D eigenvalue weighted by atomic mass is 32.1. The van der Waals surface area contributed by atoms with Crippen LogP contribution in [0.15, 0.2) is 42.5 Å². The number of thiazole rings is 1. The molecule has 3 aromatic rings. The fourth-order valence-corrected chi connectivity index (χ4v) is 4.18. The van der Waals surface area contributed by atoms with Crippen LogP contribution in [0, 0.1) is 5.82 Å². The lowest BCUT2D eigenvalue weighted by Gasteiger charge is -2.15. The number of hydrogen-bond acceptors (Lipinski definition) is 4. The molecule has 0 bridgehead atoms. The molecule has 1 aliphatic rings. The van der Waals surface area contributed by atoms with Crippen molar-refractivity contribution in [2.75, 3.05) is 11.4 Å². The first kappa shape index (κ1) is 15.7. The van der Waals surface area contributed by atoms with E-state index in [4.69, 9.17) is 5.11 Å². The Balaban J connectivity index is 1.71. The highest BCUT2D eigenvalue weighted by molar-refractivity contribution is 7.18. The molecule has 2 heterocycles. The van der Waals surface area contributed by atoms with E-state index in [2.05, 4.69) is 4.98 Å². The summed E-state index contributed by atoms with van der Waals surface area (Å²) >= 11 is 1.51. The van der Waals surface area contributed by atoms with Gasteiger partial charge in [0.1, 0.15) is 12.4 Å². The lowest BCUT2D eigenvalue weighted by Crippen LogP contribution is -2.34. The predicted octanol–water partition coefficient (Wildman–Crippen LogP) is 3.19. The van der Waals surface area contributed by atoms with Crippen molar-refractivity contribution in [2.45, 2.75) is 12.3 Å². The number of carbonyl (C=O) groups is 2. The van der Waals surface area contributed by atoms with Gasteiger partial charge in [-0.25, -0.2) is 9.37 Å². The van der Waals surface area contributed by atoms with Gasteiger partial charge in [0.05, 0.1) is 26.8 Å². The number of fused-ring (bicyclic) bond motifs is 2. The molecular weight excluding hydrogens is 343 g/mol. The third-order valence-electron chi connectivity index (χ3n) is 4.23. The fraction of sp³-hybridized carbons (Fsp3) is 0.167. The van der Waals surface area contributed by atoms with Gasteiger partial charge in [-0.3, -0.25) is 9.59 Å². The number of aromatic nitrogens is 1. The van der Waals surface area contributed by atoms with Gasteiger partial charge in [0.15, 0.2) is 0 Å². The van der Waals surface area contributed by atoms with Crippen molar-refractivity contribution in [3.63, 3.8) is 0 Å². The second-order valence-electron chi connectivity index (χ2n) is 5.85. The van der Waals surface area contributed by atoms with E-state index in [0.717, 1.165) is 20.1 Å². The zero-order valence-corrected chi connectivity index (χ0v) is 13.8. The maximum Gasteiger partial charge on any atom is 0.323 e. The summed E-state index contributed by atoms with van der Waals surface area (Å²) in [7, 11) is 0. The Kier molecular flexibility index (Phi) is 3.73. The van der Waals surface area contributed by atoms with Crippen LogP contribution in [0.25, 0.3) is 10.2 Å². The lowest BCUT2D eigenvalue weighted by atomic mass is 9.97. The first-order valence-corrected chi connectivity index (χ1v) is 8.51. The van der Waals surface area contributed by atoms with E-state index in [1.807, 2.05) is 24.3 Å². The molecular formula is C18H13FN2O3S. The Hall–Kier alpha value is -2.80. The van der Waals surface area contributed by atoms with Crippen LogP contribution < -0.4 is 4.90 Å². The highest BCUT2D eigenvalue weighted by Gasteiger charge is 2.38. The summed E-state index contributed by atoms with van der Waals surface area (Å²) in [5.41, 5.74) is 1.85. The summed E-state index contributed by atoms with van der Waals surface area (Å²) in [6, 6.07) is 11.8. The molecule has 4 rings (SSSR count). The number of para-hydroxylation sites is 1. The quantitative estimate of drug-likeness (QED) is 0.779. The number of rotatable bonds is 4. The van der Waals surface area contributed by atoms with Crippen LogP contribution in [0.5, 0.6) is 0 Å². The third-order valence-corrected chi connectivity index (χ3v) is 5.29. The largest absolute Gasteiger partial charge is 0.480 e. The second-order valence-corrected chi connectivity index (χ2v) is 6.97. The number of anilines is 1. The van der Waals surface area contributed by atoms with Gasteiger partial charge in [-0.1, -0.05) is 18.2 Å². The van der Waals surface area contributed by atoms with Gasteiger partial charge in [-0.05, 0) is 29.8 Å². The third kappa shape index (κ3) is 2.76. The van der Waals surface area contributed by atoms with E-state index in [9.17, 15) is 14.0 Å². The molecule has 1 N–H and O–H groups in total. The molecule has 1 aromatic heterocycles. The fourth-order valence-electron chi connectivity index (χ4n) is 3.16. The summed E-state index contributed by atoms with van der Waals surface area (Å²) in [6.07, 6.45) is 0.368. The van der Waals surface area contributed by atoms with E-state index in [1.54, 1.807) is 6.07 Å². The Labute approximate surface area is 146 Å². The van der Waals surface area contributed by atoms with Crippen molar-refractivity contribution < 1.29 is 19.1 Å². The van der Waals surface area contributed by atoms with E-state index < -0.39 is 24.2 Å². The van der Waals surface area contributed by atoms with Crippen LogP contribution in [-0.4, -0.2) is 28.5 Å². The predicted molar refractivity (Wildman–Crippen MR) is 92.5 cm³/mol. The van der Waals surface area contributed by atoms with Gasteiger partial charge in [-0.15, -0.1) is 11.3 Å². The number of halogens is 1. The van der Waals surface area contributed by atoms with Gasteiger partial charge >= 0.3 is 5.97 Å². The van der Waals surface area contributed by atoms with Crippen LogP contribution in [0.3, 0.4) is 0 Å². The van der Waals surface area contributed by atoms with Gasteiger partial charge in [-0.2, -0.15) is 0 Å². The van der Waals surface area contributed by atoms with Gasteiger partial charge in [0, 0.05) is 6.42 Å². The molecule has 25 heavy (non-hydrogen) atoms. The molecule has 0 saturated carbocycles. The summed E-state index contributed by atoms with van der Waals surface area (Å²) in [5, 5.41) is 9.86. The number of hydrogen-bond donors (Lipinski definition) is 1. The van der Waals surface area contributed by atoms with Crippen LogP contribution in [0.1, 0.15) is 16.5 Å². The Morgan fingerprint density at radius 1 is 1.28 bits per heavy atom. The number of amides is 1. The van der Waals surface area contributed by atoms with Gasteiger partial charge in [0.25, 0.3) is 0 Å². The second kappa shape index (κ2) is 5.93. The summed E-state index contributed by atoms with van der Waals surface area (Å²) in [6.45, 7) is -0.481. The monoisotopic (exact) mass is 356 g/mol. The van der Waals surface area contributed by atoms with Crippen LogP contribution in [0.2, 0.25) is 0 Å². The van der Waals surface area contributed by atoms with Crippen molar-refractivity contribution in [3.8, 4) is 0 Å². The minimum atomic E-state index is -1.14. The average molecular weight is 356 g/mol. The molecule has 126 valence electrons. The van der Waals surface area contributed by atoms with E-state index >= 15 is 0 Å².